The van der Waals surface area contributed by atoms with Crippen LogP contribution < -0.4 is 15.4 Å². The van der Waals surface area contributed by atoms with Gasteiger partial charge in [-0.3, -0.25) is 24.1 Å². The minimum atomic E-state index is -1.22. The van der Waals surface area contributed by atoms with E-state index in [-0.39, 0.29) is 18.9 Å². The summed E-state index contributed by atoms with van der Waals surface area (Å²) < 4.78 is 10.6. The molecule has 0 fully saturated rings. The van der Waals surface area contributed by atoms with E-state index in [4.69, 9.17) is 9.26 Å². The molecule has 12 nitrogen and oxygen atoms in total. The highest BCUT2D eigenvalue weighted by Gasteiger charge is 2.30. The quantitative estimate of drug-likeness (QED) is 0.226. The summed E-state index contributed by atoms with van der Waals surface area (Å²) in [6.07, 6.45) is 3.53. The van der Waals surface area contributed by atoms with Gasteiger partial charge >= 0.3 is 5.97 Å². The summed E-state index contributed by atoms with van der Waals surface area (Å²) in [5, 5.41) is 18.5. The summed E-state index contributed by atoms with van der Waals surface area (Å²) in [7, 11) is 3.28. The summed E-state index contributed by atoms with van der Waals surface area (Å²) >= 11 is 0. The first-order valence-electron chi connectivity index (χ1n) is 14.0. The number of nitrogens with zero attached hydrogens (tertiary/aromatic N) is 3. The largest absolute Gasteiger partial charge is 0.496 e. The van der Waals surface area contributed by atoms with E-state index in [1.54, 1.807) is 46.0 Å². The lowest BCUT2D eigenvalue weighted by Crippen LogP contribution is -2.55. The van der Waals surface area contributed by atoms with Crippen LogP contribution in [-0.2, 0) is 25.6 Å². The molecular formula is C29H43N5O7. The minimum absolute atomic E-state index is 0.0127. The number of methoxy groups -OCH3 is 1. The number of aliphatic carboxylic acids is 1. The van der Waals surface area contributed by atoms with Crippen molar-refractivity contribution in [3.05, 3.63) is 29.6 Å². The third kappa shape index (κ3) is 10.9. The zero-order chi connectivity index (χ0) is 30.5. The van der Waals surface area contributed by atoms with Crippen LogP contribution in [0.2, 0.25) is 0 Å². The summed E-state index contributed by atoms with van der Waals surface area (Å²) in [5.74, 6) is -1.78. The Bertz CT molecular complexity index is 1180. The molecular weight excluding hydrogens is 530 g/mol. The standard InChI is InChI=1S/C29H43N5O7/c1-7-8-9-10-13-34(5)17-23(35)22(16-26(37)38)31-28(39)27(18(2)3)32-25(36)15-21-14-20(11-12-24(21)40-6)29-30-19(4)33-41-29/h11-12,14,18,22,27H,7-10,13,15-17H2,1-6H3,(H,31,39)(H,32,36)(H,37,38). The van der Waals surface area contributed by atoms with Crippen LogP contribution in [0.15, 0.2) is 22.7 Å². The topological polar surface area (TPSA) is 164 Å². The Morgan fingerprint density at radius 3 is 2.44 bits per heavy atom. The van der Waals surface area contributed by atoms with E-state index in [2.05, 4.69) is 27.7 Å². The maximum absolute atomic E-state index is 13.2. The normalized spacial score (nSPS) is 12.7. The van der Waals surface area contributed by atoms with Crippen molar-refractivity contribution in [3.8, 4) is 17.2 Å². The smallest absolute Gasteiger partial charge is 0.305 e. The zero-order valence-electron chi connectivity index (χ0n) is 24.9. The van der Waals surface area contributed by atoms with Crippen molar-refractivity contribution in [2.75, 3.05) is 27.2 Å². The number of unbranched alkanes of at least 4 members (excludes halogenated alkanes) is 3. The number of carbonyl (C=O) groups excluding carboxylic acids is 3. The SMILES string of the molecule is CCCCCCN(C)CC(=O)C(CC(=O)O)NC(=O)C(NC(=O)Cc1cc(-c2nc(C)no2)ccc1OC)C(C)C. The molecule has 0 bridgehead atoms. The summed E-state index contributed by atoms with van der Waals surface area (Å²) in [6.45, 7) is 8.03. The highest BCUT2D eigenvalue weighted by molar-refractivity contribution is 5.95. The van der Waals surface area contributed by atoms with Crippen molar-refractivity contribution in [1.29, 1.82) is 0 Å². The summed E-state index contributed by atoms with van der Waals surface area (Å²) in [4.78, 5) is 56.8. The van der Waals surface area contributed by atoms with E-state index in [1.165, 1.54) is 7.11 Å². The van der Waals surface area contributed by atoms with E-state index < -0.39 is 42.1 Å². The molecule has 0 saturated heterocycles. The molecule has 1 aromatic heterocycles. The van der Waals surface area contributed by atoms with E-state index in [0.29, 0.717) is 35.1 Å². The Morgan fingerprint density at radius 2 is 1.85 bits per heavy atom. The number of aryl methyl sites for hydroxylation is 1. The van der Waals surface area contributed by atoms with Gasteiger partial charge in [-0.05, 0) is 51.1 Å². The van der Waals surface area contributed by atoms with Crippen LogP contribution in [0, 0.1) is 12.8 Å². The van der Waals surface area contributed by atoms with Crippen molar-refractivity contribution in [2.24, 2.45) is 5.92 Å². The number of amides is 2. The fourth-order valence-electron chi connectivity index (χ4n) is 4.34. The number of Topliss-reactive ketones (excluding diaryl/α,β-unsaturated/α-hetero) is 1. The number of nitrogens with one attached hydrogen (secondary N) is 2. The van der Waals surface area contributed by atoms with Gasteiger partial charge in [-0.15, -0.1) is 0 Å². The number of carbonyl (C=O) groups is 4. The Labute approximate surface area is 241 Å². The van der Waals surface area contributed by atoms with Crippen LogP contribution in [0.25, 0.3) is 11.5 Å². The van der Waals surface area contributed by atoms with Gasteiger partial charge in [0.05, 0.1) is 32.5 Å². The molecule has 1 aromatic carbocycles. The Morgan fingerprint density at radius 1 is 1.12 bits per heavy atom. The maximum atomic E-state index is 13.2. The number of hydrogen-bond acceptors (Lipinski definition) is 9. The van der Waals surface area contributed by atoms with Crippen LogP contribution in [-0.4, -0.2) is 83.0 Å². The van der Waals surface area contributed by atoms with Crippen molar-refractivity contribution in [1.82, 2.24) is 25.7 Å². The second-order valence-corrected chi connectivity index (χ2v) is 10.6. The fourth-order valence-corrected chi connectivity index (χ4v) is 4.34. The molecule has 0 aliphatic carbocycles. The van der Waals surface area contributed by atoms with Crippen molar-refractivity contribution in [3.63, 3.8) is 0 Å². The average molecular weight is 574 g/mol. The van der Waals surface area contributed by atoms with Gasteiger partial charge in [-0.1, -0.05) is 45.2 Å². The van der Waals surface area contributed by atoms with Crippen molar-refractivity contribution >= 4 is 23.6 Å². The lowest BCUT2D eigenvalue weighted by atomic mass is 10.0. The lowest BCUT2D eigenvalue weighted by Gasteiger charge is -2.26. The van der Waals surface area contributed by atoms with Gasteiger partial charge in [0, 0.05) is 11.1 Å². The molecule has 2 aromatic rings. The third-order valence-electron chi connectivity index (χ3n) is 6.57. The fraction of sp³-hybridized carbons (Fsp3) is 0.586. The number of aromatic nitrogens is 2. The molecule has 2 amide bonds. The Hall–Kier alpha value is -3.80. The Balaban J connectivity index is 2.10. The number of ether oxygens (including phenoxy) is 1. The van der Waals surface area contributed by atoms with Gasteiger partial charge in [-0.2, -0.15) is 4.98 Å². The van der Waals surface area contributed by atoms with Gasteiger partial charge in [0.1, 0.15) is 11.8 Å². The van der Waals surface area contributed by atoms with E-state index >= 15 is 0 Å². The zero-order valence-corrected chi connectivity index (χ0v) is 24.9. The third-order valence-corrected chi connectivity index (χ3v) is 6.57. The maximum Gasteiger partial charge on any atom is 0.305 e. The predicted octanol–water partition coefficient (Wildman–Crippen LogP) is 2.78. The number of rotatable bonds is 18. The molecule has 3 N–H and O–H groups in total. The molecule has 41 heavy (non-hydrogen) atoms. The number of likely N-dealkylation sites (N-methyl/N-ethyl adjacent to an activating group) is 1. The molecule has 1 heterocycles. The molecule has 0 aliphatic rings. The second-order valence-electron chi connectivity index (χ2n) is 10.6. The number of ketones is 1. The second kappa shape index (κ2) is 16.5. The van der Waals surface area contributed by atoms with E-state index in [1.807, 2.05) is 4.90 Å². The molecule has 12 heteroatoms. The van der Waals surface area contributed by atoms with Gasteiger partial charge in [-0.25, -0.2) is 0 Å². The first-order valence-corrected chi connectivity index (χ1v) is 14.0. The van der Waals surface area contributed by atoms with Crippen molar-refractivity contribution < 1.29 is 33.5 Å². The predicted molar refractivity (Wildman–Crippen MR) is 152 cm³/mol. The summed E-state index contributed by atoms with van der Waals surface area (Å²) in [5.41, 5.74) is 1.15. The number of carboxylic acids is 1. The van der Waals surface area contributed by atoms with E-state index in [0.717, 1.165) is 25.7 Å². The molecule has 0 aliphatic heterocycles. The Kier molecular flexibility index (Phi) is 13.4. The molecule has 0 saturated carbocycles. The molecule has 0 spiro atoms. The van der Waals surface area contributed by atoms with Gasteiger partial charge in [0.2, 0.25) is 11.8 Å². The number of hydrogen-bond donors (Lipinski definition) is 3. The first-order chi connectivity index (χ1) is 19.4. The van der Waals surface area contributed by atoms with Gasteiger partial charge < -0.3 is 25.0 Å². The molecule has 226 valence electrons. The summed E-state index contributed by atoms with van der Waals surface area (Å²) in [6, 6.07) is 2.92. The highest BCUT2D eigenvalue weighted by Crippen LogP contribution is 2.26. The monoisotopic (exact) mass is 573 g/mol. The van der Waals surface area contributed by atoms with E-state index in [9.17, 15) is 24.3 Å². The minimum Gasteiger partial charge on any atom is -0.496 e. The molecule has 2 unspecified atom stereocenters. The molecule has 2 atom stereocenters. The number of benzene rings is 1. The first kappa shape index (κ1) is 33.4. The van der Waals surface area contributed by atoms with Crippen molar-refractivity contribution in [2.45, 2.75) is 78.3 Å². The lowest BCUT2D eigenvalue weighted by molar-refractivity contribution is -0.141. The highest BCUT2D eigenvalue weighted by atomic mass is 16.5. The van der Waals surface area contributed by atoms with Gasteiger partial charge in [0.25, 0.3) is 5.89 Å². The average Bonchev–Trinajstić information content (AvgIpc) is 3.35. The van der Waals surface area contributed by atoms with Gasteiger partial charge in [0.15, 0.2) is 11.6 Å². The molecule has 2 rings (SSSR count). The van der Waals surface area contributed by atoms with Crippen LogP contribution >= 0.6 is 0 Å². The van der Waals surface area contributed by atoms with Crippen LogP contribution in [0.4, 0.5) is 0 Å². The van der Waals surface area contributed by atoms with Crippen LogP contribution in [0.3, 0.4) is 0 Å². The number of carboxylic acid groups (broad SMARTS) is 1. The molecule has 0 radical (unpaired) electrons. The van der Waals surface area contributed by atoms with Crippen LogP contribution in [0.5, 0.6) is 5.75 Å². The van der Waals surface area contributed by atoms with Crippen LogP contribution in [0.1, 0.15) is 64.3 Å².